The number of aliphatic hydroxyl groups excluding tert-OH is 1. The lowest BCUT2D eigenvalue weighted by Gasteiger charge is -2.27. The summed E-state index contributed by atoms with van der Waals surface area (Å²) in [5, 5.41) is 20.6. The van der Waals surface area contributed by atoms with E-state index < -0.39 is 0 Å². The summed E-state index contributed by atoms with van der Waals surface area (Å²) in [6.45, 7) is 8.15. The molecule has 3 heterocycles. The van der Waals surface area contributed by atoms with Crippen molar-refractivity contribution in [1.29, 1.82) is 5.41 Å². The predicted molar refractivity (Wildman–Crippen MR) is 112 cm³/mol. The monoisotopic (exact) mass is 396 g/mol. The zero-order chi connectivity index (χ0) is 21.0. The van der Waals surface area contributed by atoms with Crippen molar-refractivity contribution in [2.75, 3.05) is 25.1 Å². The van der Waals surface area contributed by atoms with Gasteiger partial charge >= 0.3 is 0 Å². The van der Waals surface area contributed by atoms with Gasteiger partial charge in [0.2, 0.25) is 0 Å². The molecule has 1 amide bonds. The Hall–Kier alpha value is -2.84. The SMILES string of the molecule is CCN(C(=N)c1cccc(NC(=O)c2cc3c(cn2)CCN(CO)C3)n1)C(C)C. The molecule has 1 aliphatic rings. The van der Waals surface area contributed by atoms with Gasteiger partial charge in [0, 0.05) is 31.9 Å². The first kappa shape index (κ1) is 20.9. The van der Waals surface area contributed by atoms with Gasteiger partial charge in [-0.3, -0.25) is 20.1 Å². The maximum atomic E-state index is 12.7. The zero-order valence-electron chi connectivity index (χ0n) is 17.1. The Morgan fingerprint density at radius 3 is 2.83 bits per heavy atom. The van der Waals surface area contributed by atoms with E-state index in [0.717, 1.165) is 24.1 Å². The highest BCUT2D eigenvalue weighted by Crippen LogP contribution is 2.19. The molecule has 0 fully saturated rings. The molecule has 2 aromatic rings. The van der Waals surface area contributed by atoms with Crippen molar-refractivity contribution in [3.8, 4) is 0 Å². The fourth-order valence-electron chi connectivity index (χ4n) is 3.49. The summed E-state index contributed by atoms with van der Waals surface area (Å²) >= 11 is 0. The predicted octanol–water partition coefficient (Wildman–Crippen LogP) is 2.09. The van der Waals surface area contributed by atoms with Gasteiger partial charge in [-0.05, 0) is 56.5 Å². The summed E-state index contributed by atoms with van der Waals surface area (Å²) in [7, 11) is 0. The maximum absolute atomic E-state index is 12.7. The van der Waals surface area contributed by atoms with Crippen molar-refractivity contribution >= 4 is 17.6 Å². The van der Waals surface area contributed by atoms with E-state index in [0.29, 0.717) is 36.1 Å². The lowest BCUT2D eigenvalue weighted by molar-refractivity contribution is 0.0955. The average molecular weight is 396 g/mol. The molecule has 0 aliphatic carbocycles. The summed E-state index contributed by atoms with van der Waals surface area (Å²) in [4.78, 5) is 25.3. The number of carbonyl (C=O) groups is 1. The third-order valence-electron chi connectivity index (χ3n) is 5.09. The van der Waals surface area contributed by atoms with Crippen LogP contribution in [-0.4, -0.2) is 62.5 Å². The molecule has 2 aromatic heterocycles. The Kier molecular flexibility index (Phi) is 6.56. The number of rotatable bonds is 6. The molecule has 0 spiro atoms. The van der Waals surface area contributed by atoms with Crippen LogP contribution in [0, 0.1) is 5.41 Å². The van der Waals surface area contributed by atoms with Gasteiger partial charge in [0.05, 0.1) is 6.73 Å². The van der Waals surface area contributed by atoms with Crippen molar-refractivity contribution in [2.24, 2.45) is 0 Å². The van der Waals surface area contributed by atoms with Gasteiger partial charge in [0.25, 0.3) is 5.91 Å². The number of nitrogens with zero attached hydrogens (tertiary/aromatic N) is 4. The highest BCUT2D eigenvalue weighted by Gasteiger charge is 2.19. The molecule has 0 atom stereocenters. The van der Waals surface area contributed by atoms with Crippen LogP contribution < -0.4 is 5.32 Å². The zero-order valence-corrected chi connectivity index (χ0v) is 17.1. The molecule has 8 heteroatoms. The maximum Gasteiger partial charge on any atom is 0.275 e. The molecule has 3 N–H and O–H groups in total. The van der Waals surface area contributed by atoms with Crippen LogP contribution in [0.25, 0.3) is 0 Å². The second kappa shape index (κ2) is 9.11. The standard InChI is InChI=1S/C21H28N6O2/c1-4-27(14(2)3)20(22)17-6-5-7-19(24-17)25-21(29)18-10-16-12-26(13-28)9-8-15(16)11-23-18/h5-7,10-11,14,22,28H,4,8-9,12-13H2,1-3H3,(H,24,25,29). The number of amides is 1. The third-order valence-corrected chi connectivity index (χ3v) is 5.09. The third kappa shape index (κ3) is 4.78. The van der Waals surface area contributed by atoms with Crippen LogP contribution in [-0.2, 0) is 13.0 Å². The number of nitrogens with one attached hydrogen (secondary N) is 2. The molecule has 0 radical (unpaired) electrons. The van der Waals surface area contributed by atoms with Crippen molar-refractivity contribution in [2.45, 2.75) is 39.8 Å². The normalized spacial score (nSPS) is 13.8. The molecular weight excluding hydrogens is 368 g/mol. The lowest BCUT2D eigenvalue weighted by atomic mass is 10.0. The molecule has 0 saturated heterocycles. The largest absolute Gasteiger partial charge is 0.381 e. The average Bonchev–Trinajstić information content (AvgIpc) is 2.73. The van der Waals surface area contributed by atoms with Crippen molar-refractivity contribution in [3.63, 3.8) is 0 Å². The molecule has 0 unspecified atom stereocenters. The molecule has 0 aromatic carbocycles. The van der Waals surface area contributed by atoms with Gasteiger partial charge in [-0.25, -0.2) is 4.98 Å². The van der Waals surface area contributed by atoms with Gasteiger partial charge in [-0.15, -0.1) is 0 Å². The summed E-state index contributed by atoms with van der Waals surface area (Å²) in [6.07, 6.45) is 2.54. The minimum absolute atomic E-state index is 0.00286. The van der Waals surface area contributed by atoms with E-state index in [1.807, 2.05) is 30.6 Å². The number of fused-ring (bicyclic) bond motifs is 1. The fourth-order valence-corrected chi connectivity index (χ4v) is 3.49. The quantitative estimate of drug-likeness (QED) is 0.510. The second-order valence-corrected chi connectivity index (χ2v) is 7.37. The Morgan fingerprint density at radius 2 is 2.14 bits per heavy atom. The number of hydrogen-bond acceptors (Lipinski definition) is 6. The number of hydrogen-bond donors (Lipinski definition) is 3. The summed E-state index contributed by atoms with van der Waals surface area (Å²) in [6, 6.07) is 7.21. The number of aromatic nitrogens is 2. The van der Waals surface area contributed by atoms with Gasteiger partial charge in [0.1, 0.15) is 23.0 Å². The number of amidine groups is 1. The molecule has 8 nitrogen and oxygen atoms in total. The van der Waals surface area contributed by atoms with Crippen LogP contribution >= 0.6 is 0 Å². The molecule has 0 saturated carbocycles. The van der Waals surface area contributed by atoms with Crippen LogP contribution in [0.3, 0.4) is 0 Å². The lowest BCUT2D eigenvalue weighted by Crippen LogP contribution is -2.37. The van der Waals surface area contributed by atoms with E-state index >= 15 is 0 Å². The van der Waals surface area contributed by atoms with Gasteiger partial charge < -0.3 is 15.3 Å². The Balaban J connectivity index is 1.75. The van der Waals surface area contributed by atoms with Gasteiger partial charge in [-0.2, -0.15) is 0 Å². The van der Waals surface area contributed by atoms with Crippen LogP contribution in [0.15, 0.2) is 30.5 Å². The number of anilines is 1. The summed E-state index contributed by atoms with van der Waals surface area (Å²) < 4.78 is 0. The highest BCUT2D eigenvalue weighted by molar-refractivity contribution is 6.03. The fraction of sp³-hybridized carbons (Fsp3) is 0.429. The topological polar surface area (TPSA) is 105 Å². The molecule has 1 aliphatic heterocycles. The molecule has 0 bridgehead atoms. The minimum atomic E-state index is -0.346. The van der Waals surface area contributed by atoms with Crippen molar-refractivity contribution in [3.05, 3.63) is 53.0 Å². The smallest absolute Gasteiger partial charge is 0.275 e. The van der Waals surface area contributed by atoms with Gasteiger partial charge in [-0.1, -0.05) is 6.07 Å². The number of pyridine rings is 2. The van der Waals surface area contributed by atoms with E-state index in [2.05, 4.69) is 15.3 Å². The van der Waals surface area contributed by atoms with Crippen molar-refractivity contribution in [1.82, 2.24) is 19.8 Å². The first-order chi connectivity index (χ1) is 13.9. The van der Waals surface area contributed by atoms with Crippen LogP contribution in [0.4, 0.5) is 5.82 Å². The van der Waals surface area contributed by atoms with E-state index in [-0.39, 0.29) is 18.7 Å². The summed E-state index contributed by atoms with van der Waals surface area (Å²) in [5.41, 5.74) is 2.93. The molecule has 3 rings (SSSR count). The van der Waals surface area contributed by atoms with E-state index in [1.165, 1.54) is 0 Å². The summed E-state index contributed by atoms with van der Waals surface area (Å²) in [5.74, 6) is 0.365. The first-order valence-corrected chi connectivity index (χ1v) is 9.88. The van der Waals surface area contributed by atoms with Gasteiger partial charge in [0.15, 0.2) is 0 Å². The number of carbonyl (C=O) groups excluding carboxylic acids is 1. The van der Waals surface area contributed by atoms with Crippen LogP contribution in [0.2, 0.25) is 0 Å². The molecular formula is C21H28N6O2. The van der Waals surface area contributed by atoms with Crippen molar-refractivity contribution < 1.29 is 9.90 Å². The van der Waals surface area contributed by atoms with E-state index in [9.17, 15) is 9.90 Å². The second-order valence-electron chi connectivity index (χ2n) is 7.37. The van der Waals surface area contributed by atoms with E-state index in [4.69, 9.17) is 5.41 Å². The Bertz CT molecular complexity index is 898. The van der Waals surface area contributed by atoms with Crippen LogP contribution in [0.5, 0.6) is 0 Å². The number of aliphatic hydroxyl groups is 1. The Labute approximate surface area is 171 Å². The van der Waals surface area contributed by atoms with Crippen LogP contribution in [0.1, 0.15) is 48.1 Å². The highest BCUT2D eigenvalue weighted by atomic mass is 16.3. The van der Waals surface area contributed by atoms with E-state index in [1.54, 1.807) is 30.5 Å². The Morgan fingerprint density at radius 1 is 1.34 bits per heavy atom. The molecule has 154 valence electrons. The molecule has 29 heavy (non-hydrogen) atoms. The minimum Gasteiger partial charge on any atom is -0.381 e. The first-order valence-electron chi connectivity index (χ1n) is 9.88.